The standard InChI is InChI=1S/C23H18N6O3/c24-20-17(22(30)26-13-15-5-3-8-25-12-15)11-18-21(29(20)14-16-6-4-10-32-16)27-19-7-1-2-9-28(19)23(18)31/h1-12,24H,13-14H2,(H,26,30)/p+1. The van der Waals surface area contributed by atoms with Gasteiger partial charge in [-0.05, 0) is 42.0 Å². The first kappa shape index (κ1) is 19.4. The molecule has 0 aromatic carbocycles. The lowest BCUT2D eigenvalue weighted by molar-refractivity contribution is -0.651. The SMILES string of the molecule is Nc1c(C(=O)NCc2cccnc2)cc2c(=O)n3ccccc3nc2[n+]1Cc1ccco1. The van der Waals surface area contributed by atoms with Gasteiger partial charge in [-0.15, -0.1) is 0 Å². The number of nitrogen functional groups attached to an aromatic ring is 1. The lowest BCUT2D eigenvalue weighted by Crippen LogP contribution is -2.43. The van der Waals surface area contributed by atoms with Crippen molar-refractivity contribution in [1.82, 2.24) is 19.7 Å². The zero-order valence-electron chi connectivity index (χ0n) is 16.9. The van der Waals surface area contributed by atoms with Gasteiger partial charge in [-0.2, -0.15) is 0 Å². The fraction of sp³-hybridized carbons (Fsp3) is 0.0870. The van der Waals surface area contributed by atoms with Gasteiger partial charge in [0, 0.05) is 25.1 Å². The number of aromatic nitrogens is 4. The largest absolute Gasteiger partial charge is 0.466 e. The van der Waals surface area contributed by atoms with E-state index in [0.717, 1.165) is 5.56 Å². The van der Waals surface area contributed by atoms with Crippen LogP contribution >= 0.6 is 0 Å². The number of rotatable bonds is 5. The molecule has 0 radical (unpaired) electrons. The average molecular weight is 427 g/mol. The minimum absolute atomic E-state index is 0.183. The Hall–Kier alpha value is -4.53. The van der Waals surface area contributed by atoms with E-state index in [4.69, 9.17) is 10.2 Å². The lowest BCUT2D eigenvalue weighted by Gasteiger charge is -2.12. The second kappa shape index (κ2) is 7.95. The van der Waals surface area contributed by atoms with Crippen molar-refractivity contribution in [1.29, 1.82) is 0 Å². The van der Waals surface area contributed by atoms with Gasteiger partial charge in [-0.1, -0.05) is 17.1 Å². The minimum atomic E-state index is -0.404. The van der Waals surface area contributed by atoms with E-state index in [1.807, 2.05) is 6.07 Å². The Bertz CT molecular complexity index is 1490. The molecular formula is C23H19N6O3+. The lowest BCUT2D eigenvalue weighted by atomic mass is 10.1. The molecule has 0 bridgehead atoms. The van der Waals surface area contributed by atoms with Gasteiger partial charge in [0.2, 0.25) is 11.5 Å². The van der Waals surface area contributed by atoms with Crippen LogP contribution in [0.3, 0.4) is 0 Å². The summed E-state index contributed by atoms with van der Waals surface area (Å²) in [6.45, 7) is 0.492. The number of carbonyl (C=O) groups excluding carboxylic acids is 1. The summed E-state index contributed by atoms with van der Waals surface area (Å²) in [6.07, 6.45) is 6.52. The molecule has 158 valence electrons. The van der Waals surface area contributed by atoms with Gasteiger partial charge in [0.25, 0.3) is 17.1 Å². The van der Waals surface area contributed by atoms with E-state index in [2.05, 4.69) is 15.3 Å². The molecule has 5 aromatic rings. The number of anilines is 1. The summed E-state index contributed by atoms with van der Waals surface area (Å²) >= 11 is 0. The van der Waals surface area contributed by atoms with Gasteiger partial charge < -0.3 is 15.5 Å². The van der Waals surface area contributed by atoms with E-state index in [9.17, 15) is 9.59 Å². The molecule has 5 rings (SSSR count). The van der Waals surface area contributed by atoms with Crippen LogP contribution in [-0.2, 0) is 13.1 Å². The zero-order chi connectivity index (χ0) is 22.1. The topological polar surface area (TPSA) is 119 Å². The van der Waals surface area contributed by atoms with Gasteiger partial charge in [0.05, 0.1) is 6.26 Å². The van der Waals surface area contributed by atoms with Crippen LogP contribution in [0.1, 0.15) is 21.7 Å². The first-order chi connectivity index (χ1) is 15.6. The van der Waals surface area contributed by atoms with Gasteiger partial charge >= 0.3 is 0 Å². The summed E-state index contributed by atoms with van der Waals surface area (Å²) in [5, 5.41) is 3.12. The van der Waals surface area contributed by atoms with E-state index >= 15 is 0 Å². The maximum absolute atomic E-state index is 13.2. The first-order valence-electron chi connectivity index (χ1n) is 9.95. The predicted octanol–water partition coefficient (Wildman–Crippen LogP) is 1.68. The summed E-state index contributed by atoms with van der Waals surface area (Å²) in [5.74, 6) is 0.398. The number of pyridine rings is 3. The molecule has 3 N–H and O–H groups in total. The predicted molar refractivity (Wildman–Crippen MR) is 117 cm³/mol. The maximum Gasteiger partial charge on any atom is 0.278 e. The van der Waals surface area contributed by atoms with Crippen molar-refractivity contribution < 1.29 is 13.8 Å². The third-order valence-electron chi connectivity index (χ3n) is 5.17. The molecule has 5 heterocycles. The monoisotopic (exact) mass is 427 g/mol. The Labute approximate surface area is 181 Å². The van der Waals surface area contributed by atoms with E-state index in [1.165, 1.54) is 10.5 Å². The Kier molecular flexibility index (Phi) is 4.83. The fourth-order valence-corrected chi connectivity index (χ4v) is 3.58. The summed E-state index contributed by atoms with van der Waals surface area (Å²) in [5.41, 5.74) is 8.02. The van der Waals surface area contributed by atoms with E-state index in [-0.39, 0.29) is 35.4 Å². The van der Waals surface area contributed by atoms with E-state index < -0.39 is 5.91 Å². The van der Waals surface area contributed by atoms with Crippen molar-refractivity contribution in [3.8, 4) is 0 Å². The number of nitrogens with one attached hydrogen (secondary N) is 1. The van der Waals surface area contributed by atoms with E-state index in [1.54, 1.807) is 65.8 Å². The maximum atomic E-state index is 13.2. The molecule has 0 aliphatic rings. The molecule has 0 aliphatic heterocycles. The third kappa shape index (κ3) is 3.45. The molecule has 1 amide bonds. The number of nitrogens with two attached hydrogens (primary N) is 1. The number of furan rings is 1. The summed E-state index contributed by atoms with van der Waals surface area (Å²) in [6, 6.07) is 14.0. The number of hydrogen-bond acceptors (Lipinski definition) is 6. The molecule has 0 unspecified atom stereocenters. The number of hydrogen-bond donors (Lipinski definition) is 2. The van der Waals surface area contributed by atoms with Crippen molar-refractivity contribution in [3.63, 3.8) is 0 Å². The second-order valence-electron chi connectivity index (χ2n) is 7.24. The minimum Gasteiger partial charge on any atom is -0.466 e. The number of nitrogens with zero attached hydrogens (tertiary/aromatic N) is 4. The Morgan fingerprint density at radius 2 is 2.09 bits per heavy atom. The number of amides is 1. The van der Waals surface area contributed by atoms with E-state index in [0.29, 0.717) is 17.1 Å². The molecule has 5 aromatic heterocycles. The van der Waals surface area contributed by atoms with Crippen molar-refractivity contribution in [2.24, 2.45) is 0 Å². The van der Waals surface area contributed by atoms with Crippen LogP contribution in [0, 0.1) is 0 Å². The number of fused-ring (bicyclic) bond motifs is 2. The molecule has 0 fully saturated rings. The highest BCUT2D eigenvalue weighted by molar-refractivity contribution is 6.00. The molecule has 0 saturated heterocycles. The summed E-state index contributed by atoms with van der Waals surface area (Å²) in [4.78, 5) is 34.9. The third-order valence-corrected chi connectivity index (χ3v) is 5.17. The number of carbonyl (C=O) groups is 1. The molecule has 9 nitrogen and oxygen atoms in total. The molecule has 0 spiro atoms. The zero-order valence-corrected chi connectivity index (χ0v) is 16.9. The van der Waals surface area contributed by atoms with Crippen LogP contribution in [0.25, 0.3) is 16.7 Å². The Morgan fingerprint density at radius 3 is 2.88 bits per heavy atom. The van der Waals surface area contributed by atoms with Crippen molar-refractivity contribution in [2.45, 2.75) is 13.1 Å². The van der Waals surface area contributed by atoms with Crippen LogP contribution in [0.5, 0.6) is 0 Å². The molecule has 0 atom stereocenters. The van der Waals surface area contributed by atoms with Crippen molar-refractivity contribution in [2.75, 3.05) is 5.73 Å². The first-order valence-corrected chi connectivity index (χ1v) is 9.95. The van der Waals surface area contributed by atoms with Crippen LogP contribution in [-0.4, -0.2) is 20.3 Å². The fourth-order valence-electron chi connectivity index (χ4n) is 3.58. The van der Waals surface area contributed by atoms with Gasteiger partial charge in [0.1, 0.15) is 23.3 Å². The van der Waals surface area contributed by atoms with Crippen molar-refractivity contribution in [3.05, 3.63) is 101 Å². The normalized spacial score (nSPS) is 11.1. The molecule has 9 heteroatoms. The highest BCUT2D eigenvalue weighted by Crippen LogP contribution is 2.16. The van der Waals surface area contributed by atoms with Crippen LogP contribution in [0.4, 0.5) is 5.82 Å². The molecule has 0 saturated carbocycles. The van der Waals surface area contributed by atoms with Crippen LogP contribution in [0.2, 0.25) is 0 Å². The van der Waals surface area contributed by atoms with Gasteiger partial charge in [-0.3, -0.25) is 19.0 Å². The van der Waals surface area contributed by atoms with Crippen LogP contribution < -0.4 is 21.2 Å². The highest BCUT2D eigenvalue weighted by Gasteiger charge is 2.25. The molecular weight excluding hydrogens is 408 g/mol. The van der Waals surface area contributed by atoms with Gasteiger partial charge in [0.15, 0.2) is 0 Å². The smallest absolute Gasteiger partial charge is 0.278 e. The molecule has 0 aliphatic carbocycles. The Balaban J connectivity index is 1.66. The highest BCUT2D eigenvalue weighted by atomic mass is 16.3. The molecule has 32 heavy (non-hydrogen) atoms. The van der Waals surface area contributed by atoms with Crippen molar-refractivity contribution >= 4 is 28.4 Å². The van der Waals surface area contributed by atoms with Gasteiger partial charge in [-0.25, -0.2) is 4.57 Å². The Morgan fingerprint density at radius 1 is 1.19 bits per heavy atom. The summed E-state index contributed by atoms with van der Waals surface area (Å²) in [7, 11) is 0. The summed E-state index contributed by atoms with van der Waals surface area (Å²) < 4.78 is 8.53. The average Bonchev–Trinajstić information content (AvgIpc) is 3.34. The second-order valence-corrected chi connectivity index (χ2v) is 7.24. The van der Waals surface area contributed by atoms with Crippen LogP contribution in [0.15, 0.2) is 82.6 Å². The quantitative estimate of drug-likeness (QED) is 0.325.